The van der Waals surface area contributed by atoms with E-state index in [-0.39, 0.29) is 5.69 Å². The summed E-state index contributed by atoms with van der Waals surface area (Å²) in [6, 6.07) is 10.0. The summed E-state index contributed by atoms with van der Waals surface area (Å²) in [4.78, 5) is 19.8. The van der Waals surface area contributed by atoms with E-state index in [1.807, 2.05) is 51.4 Å². The molecule has 0 bridgehead atoms. The zero-order valence-electron chi connectivity index (χ0n) is 11.3. The Hall–Kier alpha value is -2.36. The monoisotopic (exact) mass is 255 g/mol. The van der Waals surface area contributed by atoms with Crippen molar-refractivity contribution in [3.8, 4) is 0 Å². The topological polar surface area (TPSA) is 49.0 Å². The minimum atomic E-state index is -0.317. The predicted octanol–water partition coefficient (Wildman–Crippen LogP) is 2.31. The molecular formula is C15H17N3O. The molecule has 2 rings (SSSR count). The zero-order valence-corrected chi connectivity index (χ0v) is 11.3. The van der Waals surface area contributed by atoms with E-state index in [1.165, 1.54) is 0 Å². The Morgan fingerprint density at radius 3 is 2.42 bits per heavy atom. The van der Waals surface area contributed by atoms with Gasteiger partial charge < -0.3 is 9.88 Å². The molecule has 0 saturated carbocycles. The Balaban J connectivity index is 2.20. The van der Waals surface area contributed by atoms with Crippen LogP contribution in [0.3, 0.4) is 0 Å². The van der Waals surface area contributed by atoms with E-state index in [2.05, 4.69) is 27.0 Å². The summed E-state index contributed by atoms with van der Waals surface area (Å²) < 4.78 is 0. The molecule has 0 saturated heterocycles. The fourth-order valence-corrected chi connectivity index (χ4v) is 1.75. The molecule has 1 aromatic carbocycles. The molecule has 0 aliphatic carbocycles. The van der Waals surface area contributed by atoms with E-state index in [9.17, 15) is 4.79 Å². The third-order valence-electron chi connectivity index (χ3n) is 2.76. The van der Waals surface area contributed by atoms with Gasteiger partial charge in [0.15, 0.2) is 0 Å². The number of H-pyrrole nitrogens is 1. The third kappa shape index (κ3) is 3.55. The second-order valence-corrected chi connectivity index (χ2v) is 4.61. The first-order chi connectivity index (χ1) is 9.04. The van der Waals surface area contributed by atoms with Crippen LogP contribution >= 0.6 is 0 Å². The lowest BCUT2D eigenvalue weighted by Crippen LogP contribution is -2.11. The highest BCUT2D eigenvalue weighted by Gasteiger charge is 1.95. The van der Waals surface area contributed by atoms with Crippen molar-refractivity contribution < 1.29 is 0 Å². The van der Waals surface area contributed by atoms with Gasteiger partial charge in [-0.05, 0) is 36.8 Å². The molecule has 19 heavy (non-hydrogen) atoms. The van der Waals surface area contributed by atoms with Gasteiger partial charge in [-0.25, -0.2) is 4.79 Å². The summed E-state index contributed by atoms with van der Waals surface area (Å²) in [5, 5.41) is 0. The van der Waals surface area contributed by atoms with Crippen LogP contribution in [0.4, 0.5) is 5.69 Å². The molecular weight excluding hydrogens is 238 g/mol. The molecule has 0 atom stereocenters. The largest absolute Gasteiger partial charge is 0.378 e. The van der Waals surface area contributed by atoms with Crippen molar-refractivity contribution in [1.82, 2.24) is 9.97 Å². The summed E-state index contributed by atoms with van der Waals surface area (Å²) >= 11 is 0. The van der Waals surface area contributed by atoms with Gasteiger partial charge in [-0.3, -0.25) is 0 Å². The van der Waals surface area contributed by atoms with Crippen molar-refractivity contribution in [1.29, 1.82) is 0 Å². The SMILES string of the molecule is Cc1cc(/C=C/c2ccc(N(C)C)cc2)nc(=O)[nH]1. The van der Waals surface area contributed by atoms with Crippen LogP contribution in [0.15, 0.2) is 35.1 Å². The Bertz CT molecular complexity index is 639. The third-order valence-corrected chi connectivity index (χ3v) is 2.76. The first-order valence-corrected chi connectivity index (χ1v) is 6.08. The minimum absolute atomic E-state index is 0.317. The van der Waals surface area contributed by atoms with Gasteiger partial charge in [0.25, 0.3) is 0 Å². The van der Waals surface area contributed by atoms with Crippen molar-refractivity contribution in [2.45, 2.75) is 6.92 Å². The highest BCUT2D eigenvalue weighted by molar-refractivity contribution is 5.69. The number of nitrogens with zero attached hydrogens (tertiary/aromatic N) is 2. The second kappa shape index (κ2) is 5.52. The quantitative estimate of drug-likeness (QED) is 0.915. The molecule has 0 fully saturated rings. The lowest BCUT2D eigenvalue weighted by molar-refractivity contribution is 1.02. The number of anilines is 1. The molecule has 0 aliphatic rings. The number of hydrogen-bond donors (Lipinski definition) is 1. The number of benzene rings is 1. The Kier molecular flexibility index (Phi) is 3.80. The lowest BCUT2D eigenvalue weighted by Gasteiger charge is -2.11. The van der Waals surface area contributed by atoms with Gasteiger partial charge >= 0.3 is 5.69 Å². The number of aromatic amines is 1. The molecule has 0 spiro atoms. The summed E-state index contributed by atoms with van der Waals surface area (Å²) in [6.07, 6.45) is 3.79. The van der Waals surface area contributed by atoms with Crippen LogP contribution in [0, 0.1) is 6.92 Å². The summed E-state index contributed by atoms with van der Waals surface area (Å²) in [7, 11) is 4.02. The van der Waals surface area contributed by atoms with Gasteiger partial charge in [-0.15, -0.1) is 0 Å². The van der Waals surface area contributed by atoms with Gasteiger partial charge in [0.05, 0.1) is 5.69 Å². The normalized spacial score (nSPS) is 10.9. The molecule has 0 amide bonds. The van der Waals surface area contributed by atoms with Crippen LogP contribution < -0.4 is 10.6 Å². The highest BCUT2D eigenvalue weighted by Crippen LogP contribution is 2.14. The molecule has 4 nitrogen and oxygen atoms in total. The maximum Gasteiger partial charge on any atom is 0.345 e. The Morgan fingerprint density at radius 2 is 1.84 bits per heavy atom. The van der Waals surface area contributed by atoms with E-state index in [0.29, 0.717) is 5.69 Å². The maximum absolute atomic E-state index is 11.2. The van der Waals surface area contributed by atoms with Gasteiger partial charge in [0.2, 0.25) is 0 Å². The van der Waals surface area contributed by atoms with E-state index in [1.54, 1.807) is 0 Å². The van der Waals surface area contributed by atoms with Crippen LogP contribution in [-0.4, -0.2) is 24.1 Å². The Labute approximate surface area is 112 Å². The fourth-order valence-electron chi connectivity index (χ4n) is 1.75. The molecule has 1 aromatic heterocycles. The number of nitrogens with one attached hydrogen (secondary N) is 1. The number of aryl methyl sites for hydroxylation is 1. The number of rotatable bonds is 3. The predicted molar refractivity (Wildman–Crippen MR) is 79.3 cm³/mol. The van der Waals surface area contributed by atoms with Gasteiger partial charge in [0.1, 0.15) is 0 Å². The molecule has 2 aromatic rings. The highest BCUT2D eigenvalue weighted by atomic mass is 16.1. The summed E-state index contributed by atoms with van der Waals surface area (Å²) in [5.41, 5.74) is 3.38. The smallest absolute Gasteiger partial charge is 0.345 e. The zero-order chi connectivity index (χ0) is 13.8. The van der Waals surface area contributed by atoms with Crippen LogP contribution in [0.5, 0.6) is 0 Å². The van der Waals surface area contributed by atoms with Crippen molar-refractivity contribution in [2.75, 3.05) is 19.0 Å². The van der Waals surface area contributed by atoms with Crippen molar-refractivity contribution in [3.63, 3.8) is 0 Å². The first-order valence-electron chi connectivity index (χ1n) is 6.08. The number of hydrogen-bond acceptors (Lipinski definition) is 3. The van der Waals surface area contributed by atoms with Crippen molar-refractivity contribution in [3.05, 3.63) is 57.8 Å². The summed E-state index contributed by atoms with van der Waals surface area (Å²) in [6.45, 7) is 1.84. The van der Waals surface area contributed by atoms with Crippen molar-refractivity contribution in [2.24, 2.45) is 0 Å². The molecule has 4 heteroatoms. The van der Waals surface area contributed by atoms with E-state index in [4.69, 9.17) is 0 Å². The first kappa shape index (κ1) is 13.1. The Morgan fingerprint density at radius 1 is 1.16 bits per heavy atom. The standard InChI is InChI=1S/C15H17N3O/c1-11-10-13(17-15(19)16-11)7-4-12-5-8-14(9-6-12)18(2)3/h4-10H,1-3H3,(H,16,17,19)/b7-4+. The fraction of sp³-hybridized carbons (Fsp3) is 0.200. The molecule has 0 aliphatic heterocycles. The molecule has 98 valence electrons. The molecule has 0 unspecified atom stereocenters. The van der Waals surface area contributed by atoms with E-state index in [0.717, 1.165) is 16.9 Å². The van der Waals surface area contributed by atoms with Crippen LogP contribution in [0.2, 0.25) is 0 Å². The summed E-state index contributed by atoms with van der Waals surface area (Å²) in [5.74, 6) is 0. The van der Waals surface area contributed by atoms with E-state index >= 15 is 0 Å². The maximum atomic E-state index is 11.2. The average Bonchev–Trinajstić information content (AvgIpc) is 2.36. The molecule has 0 radical (unpaired) electrons. The molecule has 1 N–H and O–H groups in total. The molecule has 1 heterocycles. The number of aromatic nitrogens is 2. The van der Waals surface area contributed by atoms with Crippen LogP contribution in [0.1, 0.15) is 17.0 Å². The lowest BCUT2D eigenvalue weighted by atomic mass is 10.1. The second-order valence-electron chi connectivity index (χ2n) is 4.61. The van der Waals surface area contributed by atoms with Gasteiger partial charge in [0, 0.05) is 25.5 Å². The average molecular weight is 255 g/mol. The van der Waals surface area contributed by atoms with Crippen molar-refractivity contribution >= 4 is 17.8 Å². The minimum Gasteiger partial charge on any atom is -0.378 e. The van der Waals surface area contributed by atoms with Gasteiger partial charge in [-0.1, -0.05) is 18.2 Å². The van der Waals surface area contributed by atoms with Gasteiger partial charge in [-0.2, -0.15) is 4.98 Å². The van der Waals surface area contributed by atoms with Crippen LogP contribution in [-0.2, 0) is 0 Å². The van der Waals surface area contributed by atoms with E-state index < -0.39 is 0 Å². The van der Waals surface area contributed by atoms with Crippen LogP contribution in [0.25, 0.3) is 12.2 Å².